The van der Waals surface area contributed by atoms with Gasteiger partial charge in [-0.15, -0.1) is 0 Å². The molecule has 0 bridgehead atoms. The Morgan fingerprint density at radius 1 is 1.12 bits per heavy atom. The van der Waals surface area contributed by atoms with Crippen molar-refractivity contribution in [3.63, 3.8) is 0 Å². The number of amides is 2. The fraction of sp³-hybridized carbons (Fsp3) is 0.263. The van der Waals surface area contributed by atoms with Gasteiger partial charge in [0.2, 0.25) is 0 Å². The van der Waals surface area contributed by atoms with Crippen LogP contribution < -0.4 is 10.1 Å². The van der Waals surface area contributed by atoms with Crippen LogP contribution in [0.25, 0.3) is 0 Å². The molecular formula is C19H20ClFN2O3. The van der Waals surface area contributed by atoms with Crippen LogP contribution in [0.15, 0.2) is 42.5 Å². The van der Waals surface area contributed by atoms with Crippen molar-refractivity contribution >= 4 is 29.1 Å². The molecule has 0 aliphatic heterocycles. The fourth-order valence-electron chi connectivity index (χ4n) is 2.13. The minimum absolute atomic E-state index is 0.209. The van der Waals surface area contributed by atoms with Gasteiger partial charge in [-0.3, -0.25) is 9.59 Å². The van der Waals surface area contributed by atoms with Gasteiger partial charge in [-0.1, -0.05) is 11.6 Å². The summed E-state index contributed by atoms with van der Waals surface area (Å²) in [5.74, 6) is -0.708. The molecule has 7 heteroatoms. The van der Waals surface area contributed by atoms with E-state index in [4.69, 9.17) is 16.3 Å². The van der Waals surface area contributed by atoms with Crippen molar-refractivity contribution in [1.29, 1.82) is 0 Å². The molecule has 0 unspecified atom stereocenters. The first-order valence-corrected chi connectivity index (χ1v) is 8.25. The summed E-state index contributed by atoms with van der Waals surface area (Å²) >= 11 is 6.13. The quantitative estimate of drug-likeness (QED) is 0.856. The summed E-state index contributed by atoms with van der Waals surface area (Å²) in [6.45, 7) is 3.16. The van der Waals surface area contributed by atoms with Crippen LogP contribution in [0.5, 0.6) is 5.75 Å². The molecule has 0 aliphatic carbocycles. The molecule has 0 fully saturated rings. The second-order valence-electron chi connectivity index (χ2n) is 6.41. The third kappa shape index (κ3) is 4.73. The monoisotopic (exact) mass is 378 g/mol. The largest absolute Gasteiger partial charge is 0.478 e. The summed E-state index contributed by atoms with van der Waals surface area (Å²) in [5, 5.41) is 2.97. The number of carbonyl (C=O) groups is 2. The van der Waals surface area contributed by atoms with E-state index >= 15 is 0 Å². The molecule has 138 valence electrons. The van der Waals surface area contributed by atoms with Gasteiger partial charge in [-0.2, -0.15) is 0 Å². The lowest BCUT2D eigenvalue weighted by molar-refractivity contribution is -0.128. The van der Waals surface area contributed by atoms with E-state index in [1.165, 1.54) is 35.2 Å². The van der Waals surface area contributed by atoms with Gasteiger partial charge < -0.3 is 15.0 Å². The van der Waals surface area contributed by atoms with Crippen LogP contribution in [0.2, 0.25) is 5.02 Å². The number of ether oxygens (including phenoxy) is 1. The molecule has 1 N–H and O–H groups in total. The molecule has 0 saturated carbocycles. The van der Waals surface area contributed by atoms with Crippen LogP contribution in [0.3, 0.4) is 0 Å². The highest BCUT2D eigenvalue weighted by Crippen LogP contribution is 2.26. The van der Waals surface area contributed by atoms with Gasteiger partial charge in [0.05, 0.1) is 10.7 Å². The highest BCUT2D eigenvalue weighted by atomic mass is 35.5. The zero-order chi connectivity index (χ0) is 19.5. The number of carbonyl (C=O) groups excluding carboxylic acids is 2. The third-order valence-electron chi connectivity index (χ3n) is 3.60. The third-order valence-corrected chi connectivity index (χ3v) is 3.93. The number of nitrogens with zero attached hydrogens (tertiary/aromatic N) is 1. The average molecular weight is 379 g/mol. The number of nitrogens with one attached hydrogen (secondary N) is 1. The Hall–Kier alpha value is -2.60. The molecule has 2 aromatic carbocycles. The molecular weight excluding hydrogens is 359 g/mol. The molecule has 5 nitrogen and oxygen atoms in total. The predicted octanol–water partition coefficient (Wildman–Crippen LogP) is 3.98. The molecule has 2 rings (SSSR count). The summed E-state index contributed by atoms with van der Waals surface area (Å²) in [6, 6.07) is 10.0. The number of benzene rings is 2. The second kappa shape index (κ2) is 7.74. The first kappa shape index (κ1) is 19.7. The molecule has 0 atom stereocenters. The van der Waals surface area contributed by atoms with Crippen LogP contribution in [0, 0.1) is 5.82 Å². The van der Waals surface area contributed by atoms with E-state index in [1.54, 1.807) is 40.1 Å². The summed E-state index contributed by atoms with van der Waals surface area (Å²) in [4.78, 5) is 26.1. The molecule has 0 radical (unpaired) electrons. The first-order valence-electron chi connectivity index (χ1n) is 7.87. The molecule has 0 heterocycles. The maximum atomic E-state index is 13.0. The van der Waals surface area contributed by atoms with Crippen LogP contribution in [0.1, 0.15) is 24.2 Å². The number of rotatable bonds is 5. The molecule has 2 amide bonds. The summed E-state index contributed by atoms with van der Waals surface area (Å²) in [6.07, 6.45) is 0. The Balaban J connectivity index is 2.18. The maximum Gasteiger partial charge on any atom is 0.268 e. The van der Waals surface area contributed by atoms with Crippen molar-refractivity contribution in [3.8, 4) is 5.75 Å². The van der Waals surface area contributed by atoms with Crippen LogP contribution in [-0.4, -0.2) is 36.4 Å². The highest BCUT2D eigenvalue weighted by Gasteiger charge is 2.30. The smallest absolute Gasteiger partial charge is 0.268 e. The molecule has 0 aromatic heterocycles. The minimum atomic E-state index is -1.25. The normalized spacial score (nSPS) is 11.0. The summed E-state index contributed by atoms with van der Waals surface area (Å²) in [5.41, 5.74) is -0.546. The standard InChI is InChI=1S/C19H20ClFN2O3/c1-19(2,26-14-8-6-13(21)7-9-14)18(25)22-16-11-12(5-10-15(16)20)17(24)23(3)4/h5-11H,1-4H3,(H,22,25). The van der Waals surface area contributed by atoms with Crippen molar-refractivity contribution in [2.24, 2.45) is 0 Å². The summed E-state index contributed by atoms with van der Waals surface area (Å²) in [7, 11) is 3.27. The van der Waals surface area contributed by atoms with Gasteiger partial charge in [0.1, 0.15) is 11.6 Å². The first-order chi connectivity index (χ1) is 12.1. The molecule has 0 spiro atoms. The van der Waals surface area contributed by atoms with Gasteiger partial charge in [0.15, 0.2) is 5.60 Å². The van der Waals surface area contributed by atoms with E-state index in [0.29, 0.717) is 22.0 Å². The SMILES string of the molecule is CN(C)C(=O)c1ccc(Cl)c(NC(=O)C(C)(C)Oc2ccc(F)cc2)c1. The maximum absolute atomic E-state index is 13.0. The number of halogens is 2. The van der Waals surface area contributed by atoms with E-state index in [9.17, 15) is 14.0 Å². The van der Waals surface area contributed by atoms with E-state index in [2.05, 4.69) is 5.32 Å². The van der Waals surface area contributed by atoms with Crippen molar-refractivity contribution in [3.05, 3.63) is 58.9 Å². The molecule has 0 aliphatic rings. The second-order valence-corrected chi connectivity index (χ2v) is 6.82. The van der Waals surface area contributed by atoms with E-state index in [0.717, 1.165) is 0 Å². The lowest BCUT2D eigenvalue weighted by Gasteiger charge is -2.25. The molecule has 2 aromatic rings. The van der Waals surface area contributed by atoms with Crippen molar-refractivity contribution < 1.29 is 18.7 Å². The van der Waals surface area contributed by atoms with Gasteiger partial charge in [-0.05, 0) is 56.3 Å². The Labute approximate surface area is 156 Å². The average Bonchev–Trinajstić information content (AvgIpc) is 2.57. The Kier molecular flexibility index (Phi) is 5.87. The zero-order valence-corrected chi connectivity index (χ0v) is 15.7. The van der Waals surface area contributed by atoms with Gasteiger partial charge in [0.25, 0.3) is 11.8 Å². The van der Waals surface area contributed by atoms with Crippen molar-refractivity contribution in [2.75, 3.05) is 19.4 Å². The number of hydrogen-bond donors (Lipinski definition) is 1. The topological polar surface area (TPSA) is 58.6 Å². The van der Waals surface area contributed by atoms with Crippen molar-refractivity contribution in [1.82, 2.24) is 4.90 Å². The number of hydrogen-bond acceptors (Lipinski definition) is 3. The Morgan fingerprint density at radius 3 is 2.31 bits per heavy atom. The highest BCUT2D eigenvalue weighted by molar-refractivity contribution is 6.34. The van der Waals surface area contributed by atoms with Crippen molar-refractivity contribution in [2.45, 2.75) is 19.4 Å². The van der Waals surface area contributed by atoms with Gasteiger partial charge in [0, 0.05) is 19.7 Å². The van der Waals surface area contributed by atoms with Crippen LogP contribution in [0.4, 0.5) is 10.1 Å². The predicted molar refractivity (Wildman–Crippen MR) is 99.2 cm³/mol. The van der Waals surface area contributed by atoms with E-state index in [-0.39, 0.29) is 5.91 Å². The van der Waals surface area contributed by atoms with E-state index in [1.807, 2.05) is 0 Å². The molecule has 26 heavy (non-hydrogen) atoms. The lowest BCUT2D eigenvalue weighted by Crippen LogP contribution is -2.42. The fourth-order valence-corrected chi connectivity index (χ4v) is 2.29. The van der Waals surface area contributed by atoms with Gasteiger partial charge >= 0.3 is 0 Å². The van der Waals surface area contributed by atoms with Gasteiger partial charge in [-0.25, -0.2) is 4.39 Å². The summed E-state index contributed by atoms with van der Waals surface area (Å²) < 4.78 is 18.6. The number of anilines is 1. The minimum Gasteiger partial charge on any atom is -0.478 e. The lowest BCUT2D eigenvalue weighted by atomic mass is 10.1. The Bertz CT molecular complexity index is 820. The molecule has 0 saturated heterocycles. The zero-order valence-electron chi connectivity index (χ0n) is 15.0. The van der Waals surface area contributed by atoms with Crippen LogP contribution in [-0.2, 0) is 4.79 Å². The Morgan fingerprint density at radius 2 is 1.73 bits per heavy atom. The van der Waals surface area contributed by atoms with Crippen LogP contribution >= 0.6 is 11.6 Å². The van der Waals surface area contributed by atoms with E-state index < -0.39 is 17.3 Å².